The summed E-state index contributed by atoms with van der Waals surface area (Å²) in [5.41, 5.74) is 5.06. The van der Waals surface area contributed by atoms with E-state index < -0.39 is 12.0 Å². The van der Waals surface area contributed by atoms with Crippen LogP contribution in [0.4, 0.5) is 0 Å². The molecule has 0 aliphatic heterocycles. The van der Waals surface area contributed by atoms with Crippen LogP contribution < -0.4 is 29.5 Å². The van der Waals surface area contributed by atoms with Crippen LogP contribution >= 0.6 is 11.8 Å². The second-order valence-electron chi connectivity index (χ2n) is 12.1. The number of rotatable bonds is 11. The van der Waals surface area contributed by atoms with Gasteiger partial charge in [-0.15, -0.1) is 0 Å². The van der Waals surface area contributed by atoms with Crippen molar-refractivity contribution in [2.45, 2.75) is 71.3 Å². The number of nitrogens with one attached hydrogen (secondary N) is 2. The average Bonchev–Trinajstić information content (AvgIpc) is 2.93. The molecule has 6 nitrogen and oxygen atoms in total. The van der Waals surface area contributed by atoms with Gasteiger partial charge in [0.15, 0.2) is 0 Å². The quantitative estimate of drug-likeness (QED) is 0.284. The molecule has 0 heterocycles. The van der Waals surface area contributed by atoms with E-state index in [1.807, 2.05) is 49.6 Å². The molecule has 41 heavy (non-hydrogen) atoms. The Hall–Kier alpha value is -2.20. The average molecular weight is 573 g/mol. The molecule has 0 aromatic heterocycles. The molecule has 0 spiro atoms. The third-order valence-electron chi connectivity index (χ3n) is 9.11. The van der Waals surface area contributed by atoms with Crippen molar-refractivity contribution in [1.29, 1.82) is 0 Å². The third kappa shape index (κ3) is 8.43. The fraction of sp³-hybridized carbons (Fsp3) is 0.545. The molecule has 8 heteroatoms. The van der Waals surface area contributed by atoms with Crippen LogP contribution in [0.25, 0.3) is 11.1 Å². The number of benzene rings is 2. The Bertz CT molecular complexity index is 1180. The zero-order valence-electron chi connectivity index (χ0n) is 26.1. The number of carboxylic acids is 1. The van der Waals surface area contributed by atoms with Crippen LogP contribution in [0.3, 0.4) is 0 Å². The summed E-state index contributed by atoms with van der Waals surface area (Å²) in [6.45, 7) is 5.02. The largest absolute Gasteiger partial charge is 1.00 e. The minimum absolute atomic E-state index is 0. The number of aryl methyl sites for hydroxylation is 2. The smallest absolute Gasteiger partial charge is 1.00 e. The number of hydrogen-bond acceptors (Lipinski definition) is 4. The van der Waals surface area contributed by atoms with E-state index >= 15 is 0 Å². The topological polar surface area (TPSA) is 95.5 Å². The van der Waals surface area contributed by atoms with E-state index in [0.717, 1.165) is 59.4 Å². The minimum Gasteiger partial charge on any atom is -1.00 e. The fourth-order valence-electron chi connectivity index (χ4n) is 7.60. The molecule has 2 aromatic carbocycles. The summed E-state index contributed by atoms with van der Waals surface area (Å²) in [5, 5.41) is 15.0. The van der Waals surface area contributed by atoms with Crippen molar-refractivity contribution in [3.8, 4) is 11.1 Å². The fourth-order valence-corrected chi connectivity index (χ4v) is 8.07. The first-order valence-corrected chi connectivity index (χ1v) is 16.1. The molecule has 0 radical (unpaired) electrons. The van der Waals surface area contributed by atoms with Gasteiger partial charge in [0.1, 0.15) is 6.04 Å². The number of thioether (sulfide) groups is 1. The van der Waals surface area contributed by atoms with Crippen molar-refractivity contribution in [3.05, 3.63) is 59.2 Å². The number of aliphatic carboxylic acids is 1. The van der Waals surface area contributed by atoms with E-state index in [0.29, 0.717) is 23.2 Å². The maximum absolute atomic E-state index is 12.8. The third-order valence-corrected chi connectivity index (χ3v) is 9.76. The Morgan fingerprint density at radius 1 is 1.07 bits per heavy atom. The first-order valence-electron chi connectivity index (χ1n) is 14.7. The van der Waals surface area contributed by atoms with E-state index in [1.54, 1.807) is 17.8 Å². The van der Waals surface area contributed by atoms with Gasteiger partial charge < -0.3 is 17.2 Å². The first kappa shape index (κ1) is 33.3. The van der Waals surface area contributed by atoms with Crippen LogP contribution in [0.5, 0.6) is 0 Å². The molecule has 1 atom stereocenters. The van der Waals surface area contributed by atoms with Crippen molar-refractivity contribution in [3.63, 3.8) is 0 Å². The van der Waals surface area contributed by atoms with Gasteiger partial charge in [-0.1, -0.05) is 43.3 Å². The maximum Gasteiger partial charge on any atom is 1.00 e. The van der Waals surface area contributed by atoms with Crippen molar-refractivity contribution in [2.24, 2.45) is 23.2 Å². The van der Waals surface area contributed by atoms with Crippen LogP contribution in [0.1, 0.15) is 74.8 Å². The Morgan fingerprint density at radius 3 is 2.24 bits per heavy atom. The standard InChI is InChI=1S/C21H25NO3S.C12H19NO.Li.H/c1-4-15-9-10-17(18(13-15)16-8-6-5-7-14(16)2)20(23)22-19(21(24)25)11-12-26-3;14-8-13-7-12-4-9-1-10(5-12)3-11(2-9)6-12;;/h5-10,13,19H,4,11-12H2,1-3H3,(H,22,23)(H,24,25);8-11H,1-7H2,(H,13,14);;/q;;+1;-1. The Labute approximate surface area is 262 Å². The molecule has 2 amide bonds. The zero-order chi connectivity index (χ0) is 28.7. The maximum atomic E-state index is 12.8. The second-order valence-corrected chi connectivity index (χ2v) is 13.1. The van der Waals surface area contributed by atoms with Gasteiger partial charge in [-0.05, 0) is 122 Å². The summed E-state index contributed by atoms with van der Waals surface area (Å²) in [7, 11) is 0. The summed E-state index contributed by atoms with van der Waals surface area (Å²) < 4.78 is 0. The van der Waals surface area contributed by atoms with Gasteiger partial charge in [-0.25, -0.2) is 4.79 Å². The summed E-state index contributed by atoms with van der Waals surface area (Å²) in [6.07, 6.45) is 12.7. The molecule has 4 saturated carbocycles. The van der Waals surface area contributed by atoms with Gasteiger partial charge in [0, 0.05) is 12.1 Å². The van der Waals surface area contributed by atoms with Crippen LogP contribution in [0, 0.1) is 30.1 Å². The Kier molecular flexibility index (Phi) is 12.4. The van der Waals surface area contributed by atoms with E-state index in [1.165, 1.54) is 38.5 Å². The number of carbonyl (C=O) groups is 3. The molecule has 1 unspecified atom stereocenters. The van der Waals surface area contributed by atoms with Crippen molar-refractivity contribution in [2.75, 3.05) is 18.6 Å². The van der Waals surface area contributed by atoms with E-state index in [2.05, 4.69) is 17.6 Å². The molecule has 4 bridgehead atoms. The summed E-state index contributed by atoms with van der Waals surface area (Å²) >= 11 is 1.56. The van der Waals surface area contributed by atoms with Crippen LogP contribution in [0.15, 0.2) is 42.5 Å². The van der Waals surface area contributed by atoms with E-state index in [9.17, 15) is 19.5 Å². The first-order chi connectivity index (χ1) is 19.3. The summed E-state index contributed by atoms with van der Waals surface area (Å²) in [4.78, 5) is 34.7. The summed E-state index contributed by atoms with van der Waals surface area (Å²) in [5.74, 6) is 2.31. The van der Waals surface area contributed by atoms with Gasteiger partial charge in [-0.2, -0.15) is 11.8 Å². The molecule has 2 aromatic rings. The van der Waals surface area contributed by atoms with Gasteiger partial charge >= 0.3 is 24.8 Å². The zero-order valence-corrected chi connectivity index (χ0v) is 25.9. The van der Waals surface area contributed by atoms with Crippen LogP contribution in [-0.2, 0) is 16.0 Å². The molecule has 3 N–H and O–H groups in total. The van der Waals surface area contributed by atoms with Gasteiger partial charge in [0.05, 0.1) is 0 Å². The molecule has 4 aliphatic carbocycles. The monoisotopic (exact) mass is 572 g/mol. The number of hydrogen-bond donors (Lipinski definition) is 3. The summed E-state index contributed by atoms with van der Waals surface area (Å²) in [6, 6.07) is 12.8. The van der Waals surface area contributed by atoms with E-state index in [4.69, 9.17) is 0 Å². The van der Waals surface area contributed by atoms with Crippen molar-refractivity contribution < 1.29 is 39.8 Å². The van der Waals surface area contributed by atoms with Crippen LogP contribution in [0.2, 0.25) is 0 Å². The minimum atomic E-state index is -1.00. The molecule has 6 rings (SSSR count). The molecule has 4 aliphatic rings. The predicted molar refractivity (Wildman–Crippen MR) is 164 cm³/mol. The van der Waals surface area contributed by atoms with Gasteiger partial charge in [-0.3, -0.25) is 9.59 Å². The van der Waals surface area contributed by atoms with Gasteiger partial charge in [0.2, 0.25) is 6.41 Å². The Morgan fingerprint density at radius 2 is 1.71 bits per heavy atom. The molecular weight excluding hydrogens is 527 g/mol. The van der Waals surface area contributed by atoms with E-state index in [-0.39, 0.29) is 26.2 Å². The number of carboxylic acid groups (broad SMARTS) is 1. The Balaban J connectivity index is 0.000000324. The molecule has 4 fully saturated rings. The number of amides is 2. The van der Waals surface area contributed by atoms with Gasteiger partial charge in [0.25, 0.3) is 5.91 Å². The second kappa shape index (κ2) is 15.3. The molecule has 218 valence electrons. The normalized spacial score (nSPS) is 24.3. The SMILES string of the molecule is CCc1ccc(C(=O)NC(CCSC)C(=O)O)c(-c2ccccc2C)c1.O=CNCC12CC3CC(CC(C3)C1)C2.[H-].[Li+]. The number of carbonyl (C=O) groups excluding carboxylic acids is 2. The molecular formula is C33H45LiN2O4S. The predicted octanol–water partition coefficient (Wildman–Crippen LogP) is 3.23. The van der Waals surface area contributed by atoms with Crippen molar-refractivity contribution in [1.82, 2.24) is 10.6 Å². The van der Waals surface area contributed by atoms with Crippen molar-refractivity contribution >= 4 is 30.0 Å². The molecule has 0 saturated heterocycles. The van der Waals surface area contributed by atoms with Crippen LogP contribution in [-0.4, -0.2) is 48.0 Å².